The number of hydrogen-bond acceptors (Lipinski definition) is 6. The van der Waals surface area contributed by atoms with Gasteiger partial charge in [-0.1, -0.05) is 13.8 Å². The van der Waals surface area contributed by atoms with Gasteiger partial charge < -0.3 is 15.0 Å². The second kappa shape index (κ2) is 12.4. The smallest absolute Gasteiger partial charge is 0.416 e. The fourth-order valence-electron chi connectivity index (χ4n) is 5.28. The quantitative estimate of drug-likeness (QED) is 0.209. The molecule has 1 amide bonds. The van der Waals surface area contributed by atoms with Gasteiger partial charge in [0.15, 0.2) is 0 Å². The van der Waals surface area contributed by atoms with Crippen LogP contribution in [0.3, 0.4) is 0 Å². The average molecular weight is 594 g/mol. The number of pyridine rings is 1. The number of alkyl halides is 3. The Hall–Kier alpha value is -4.54. The zero-order valence-corrected chi connectivity index (χ0v) is 24.0. The van der Waals surface area contributed by atoms with E-state index < -0.39 is 29.0 Å². The molecule has 0 bridgehead atoms. The second-order valence-corrected chi connectivity index (χ2v) is 10.7. The van der Waals surface area contributed by atoms with Gasteiger partial charge in [0.2, 0.25) is 5.88 Å². The maximum atomic E-state index is 15.0. The summed E-state index contributed by atoms with van der Waals surface area (Å²) in [6.45, 7) is 4.06. The molecule has 4 aromatic rings. The van der Waals surface area contributed by atoms with Gasteiger partial charge in [-0.15, -0.1) is 0 Å². The molecule has 2 aromatic carbocycles. The van der Waals surface area contributed by atoms with Gasteiger partial charge in [0, 0.05) is 31.9 Å². The Bertz CT molecular complexity index is 1630. The normalized spacial score (nSPS) is 16.6. The van der Waals surface area contributed by atoms with Crippen LogP contribution in [0.2, 0.25) is 0 Å². The third-order valence-corrected chi connectivity index (χ3v) is 7.63. The molecule has 1 fully saturated rings. The Kier molecular flexibility index (Phi) is 8.61. The van der Waals surface area contributed by atoms with Crippen LogP contribution in [0.25, 0.3) is 11.3 Å². The van der Waals surface area contributed by atoms with E-state index in [1.807, 2.05) is 11.8 Å². The standard InChI is InChI=1S/C32H31F4N5O2/c1-4-29-37-15-13-26(39-29)23-6-5-14-38-31(23)43-22-10-11-25(33)24(18-22)30(42)40-27-17-20(32(34,35)36)8-12-28(27)41(3)21-9-7-19(2)16-21/h5-6,8,10-15,17-19,21H,4,7,9,16H2,1-3H3,(H,40,42)/t19?,21-/m1/s1. The van der Waals surface area contributed by atoms with Crippen molar-refractivity contribution in [2.24, 2.45) is 5.92 Å². The summed E-state index contributed by atoms with van der Waals surface area (Å²) >= 11 is 0. The van der Waals surface area contributed by atoms with Crippen molar-refractivity contribution >= 4 is 17.3 Å². The number of ether oxygens (including phenoxy) is 1. The van der Waals surface area contributed by atoms with E-state index in [1.54, 1.807) is 31.4 Å². The predicted octanol–water partition coefficient (Wildman–Crippen LogP) is 7.93. The molecule has 0 radical (unpaired) electrons. The van der Waals surface area contributed by atoms with Crippen LogP contribution < -0.4 is 15.0 Å². The highest BCUT2D eigenvalue weighted by atomic mass is 19.4. The molecule has 11 heteroatoms. The SMILES string of the molecule is CCc1nccc(-c2cccnc2Oc2ccc(F)c(C(=O)Nc3cc(C(F)(F)F)ccc3N(C)[C@@H]3CCC(C)C3)c2)n1. The maximum Gasteiger partial charge on any atom is 0.416 e. The van der Waals surface area contributed by atoms with Gasteiger partial charge in [-0.05, 0) is 79.8 Å². The first-order chi connectivity index (χ1) is 20.5. The van der Waals surface area contributed by atoms with Crippen LogP contribution >= 0.6 is 0 Å². The largest absolute Gasteiger partial charge is 0.438 e. The first-order valence-electron chi connectivity index (χ1n) is 14.0. The molecule has 1 N–H and O–H groups in total. The second-order valence-electron chi connectivity index (χ2n) is 10.7. The highest BCUT2D eigenvalue weighted by Gasteiger charge is 2.33. The van der Waals surface area contributed by atoms with Gasteiger partial charge in [0.05, 0.1) is 33.8 Å². The van der Waals surface area contributed by atoms with E-state index in [0.29, 0.717) is 35.1 Å². The van der Waals surface area contributed by atoms with Crippen LogP contribution in [0.5, 0.6) is 11.6 Å². The lowest BCUT2D eigenvalue weighted by atomic mass is 10.1. The van der Waals surface area contributed by atoms with Crippen LogP contribution in [0.4, 0.5) is 28.9 Å². The molecule has 2 atom stereocenters. The van der Waals surface area contributed by atoms with Crippen molar-refractivity contribution in [2.75, 3.05) is 17.3 Å². The summed E-state index contributed by atoms with van der Waals surface area (Å²) in [6.07, 6.45) is 1.92. The summed E-state index contributed by atoms with van der Waals surface area (Å²) in [5.41, 5.74) is 0.181. The molecule has 224 valence electrons. The van der Waals surface area contributed by atoms with Crippen LogP contribution in [-0.2, 0) is 12.6 Å². The first-order valence-corrected chi connectivity index (χ1v) is 14.0. The zero-order valence-electron chi connectivity index (χ0n) is 24.0. The molecule has 0 aliphatic heterocycles. The third-order valence-electron chi connectivity index (χ3n) is 7.63. The third kappa shape index (κ3) is 6.76. The summed E-state index contributed by atoms with van der Waals surface area (Å²) in [5, 5.41) is 2.53. The van der Waals surface area contributed by atoms with Gasteiger partial charge >= 0.3 is 6.18 Å². The van der Waals surface area contributed by atoms with Gasteiger partial charge in [-0.25, -0.2) is 19.3 Å². The van der Waals surface area contributed by atoms with Crippen molar-refractivity contribution < 1.29 is 27.1 Å². The van der Waals surface area contributed by atoms with E-state index in [4.69, 9.17) is 4.74 Å². The number of rotatable bonds is 8. The predicted molar refractivity (Wildman–Crippen MR) is 156 cm³/mol. The van der Waals surface area contributed by atoms with E-state index in [9.17, 15) is 22.4 Å². The highest BCUT2D eigenvalue weighted by molar-refractivity contribution is 6.06. The number of benzene rings is 2. The summed E-state index contributed by atoms with van der Waals surface area (Å²) in [5.74, 6) is -0.372. The number of anilines is 2. The lowest BCUT2D eigenvalue weighted by Gasteiger charge is -2.29. The van der Waals surface area contributed by atoms with Crippen LogP contribution in [-0.4, -0.2) is 33.9 Å². The average Bonchev–Trinajstić information content (AvgIpc) is 3.43. The minimum atomic E-state index is -4.63. The molecule has 1 saturated carbocycles. The minimum absolute atomic E-state index is 0.0601. The van der Waals surface area contributed by atoms with Gasteiger partial charge in [-0.3, -0.25) is 4.79 Å². The van der Waals surface area contributed by atoms with Gasteiger partial charge in [0.1, 0.15) is 17.4 Å². The summed E-state index contributed by atoms with van der Waals surface area (Å²) < 4.78 is 61.8. The molecule has 0 spiro atoms. The number of nitrogens with one attached hydrogen (secondary N) is 1. The van der Waals surface area contributed by atoms with E-state index in [2.05, 4.69) is 27.2 Å². The number of aryl methyl sites for hydroxylation is 1. The van der Waals surface area contributed by atoms with Crippen molar-refractivity contribution in [2.45, 2.75) is 51.7 Å². The van der Waals surface area contributed by atoms with E-state index in [1.165, 1.54) is 24.4 Å². The Labute approximate surface area is 247 Å². The Morgan fingerprint density at radius 2 is 1.88 bits per heavy atom. The molecule has 7 nitrogen and oxygen atoms in total. The Balaban J connectivity index is 1.44. The van der Waals surface area contributed by atoms with E-state index in [0.717, 1.165) is 37.5 Å². The molecular weight excluding hydrogens is 562 g/mol. The van der Waals surface area contributed by atoms with Crippen LogP contribution in [0.15, 0.2) is 67.0 Å². The number of aromatic nitrogens is 3. The number of carbonyl (C=O) groups is 1. The molecule has 1 aliphatic carbocycles. The monoisotopic (exact) mass is 593 g/mol. The molecule has 5 rings (SSSR count). The number of amides is 1. The summed E-state index contributed by atoms with van der Waals surface area (Å²) in [6, 6.07) is 12.1. The Morgan fingerprint density at radius 3 is 2.60 bits per heavy atom. The van der Waals surface area contributed by atoms with Crippen LogP contribution in [0.1, 0.15) is 54.9 Å². The topological polar surface area (TPSA) is 80.2 Å². The maximum absolute atomic E-state index is 15.0. The summed E-state index contributed by atoms with van der Waals surface area (Å²) in [7, 11) is 1.79. The summed E-state index contributed by atoms with van der Waals surface area (Å²) in [4.78, 5) is 28.3. The first kappa shape index (κ1) is 29.9. The number of hydrogen-bond donors (Lipinski definition) is 1. The molecule has 2 heterocycles. The molecule has 43 heavy (non-hydrogen) atoms. The van der Waals surface area contributed by atoms with E-state index >= 15 is 0 Å². The van der Waals surface area contributed by atoms with Crippen molar-refractivity contribution in [3.05, 3.63) is 89.8 Å². The minimum Gasteiger partial charge on any atom is -0.438 e. The highest BCUT2D eigenvalue weighted by Crippen LogP contribution is 2.39. The van der Waals surface area contributed by atoms with Gasteiger partial charge in [0.25, 0.3) is 5.91 Å². The number of nitrogens with zero attached hydrogens (tertiary/aromatic N) is 4. The number of carbonyl (C=O) groups excluding carboxylic acids is 1. The fraction of sp³-hybridized carbons (Fsp3) is 0.312. The van der Waals surface area contributed by atoms with Gasteiger partial charge in [-0.2, -0.15) is 13.2 Å². The van der Waals surface area contributed by atoms with Crippen molar-refractivity contribution in [1.82, 2.24) is 15.0 Å². The molecular formula is C32H31F4N5O2. The number of halogens is 4. The lowest BCUT2D eigenvalue weighted by molar-refractivity contribution is -0.137. The van der Waals surface area contributed by atoms with Crippen molar-refractivity contribution in [1.29, 1.82) is 0 Å². The van der Waals surface area contributed by atoms with Crippen LogP contribution in [0, 0.1) is 11.7 Å². The van der Waals surface area contributed by atoms with Crippen molar-refractivity contribution in [3.8, 4) is 22.9 Å². The lowest BCUT2D eigenvalue weighted by Crippen LogP contribution is -2.30. The molecule has 1 unspecified atom stereocenters. The van der Waals surface area contributed by atoms with Crippen molar-refractivity contribution in [3.63, 3.8) is 0 Å². The molecule has 2 aromatic heterocycles. The van der Waals surface area contributed by atoms with E-state index in [-0.39, 0.29) is 23.4 Å². The molecule has 1 aliphatic rings. The Morgan fingerprint density at radius 1 is 1.07 bits per heavy atom. The fourth-order valence-corrected chi connectivity index (χ4v) is 5.28. The zero-order chi connectivity index (χ0) is 30.7. The molecule has 0 saturated heterocycles.